The van der Waals surface area contributed by atoms with Gasteiger partial charge in [-0.3, -0.25) is 0 Å². The molecule has 0 spiro atoms. The van der Waals surface area contributed by atoms with Crippen LogP contribution in [0.5, 0.6) is 11.5 Å². The Morgan fingerprint density at radius 3 is 2.58 bits per heavy atom. The van der Waals surface area contributed by atoms with Crippen LogP contribution < -0.4 is 10.1 Å². The number of ether oxygens (including phenoxy) is 1. The lowest BCUT2D eigenvalue weighted by Crippen LogP contribution is -2.06. The number of fused-ring (bicyclic) bond motifs is 2. The number of hydrogen-bond acceptors (Lipinski definition) is 1. The molecule has 1 radical (unpaired) electrons. The highest BCUT2D eigenvalue weighted by atomic mass is 16.5. The van der Waals surface area contributed by atoms with E-state index in [1.54, 1.807) is 0 Å². The topological polar surface area (TPSA) is 23.3 Å². The Morgan fingerprint density at radius 2 is 1.68 bits per heavy atom. The predicted octanol–water partition coefficient (Wildman–Crippen LogP) is 5.02. The van der Waals surface area contributed by atoms with Crippen LogP contribution in [0, 0.1) is 0 Å². The molecule has 0 amide bonds. The van der Waals surface area contributed by atoms with Crippen LogP contribution in [0.25, 0.3) is 0 Å². The number of rotatable bonds is 1. The lowest BCUT2D eigenvalue weighted by atomic mass is 9.95. The van der Waals surface area contributed by atoms with E-state index in [4.69, 9.17) is 10.1 Å². The molecule has 0 N–H and O–H groups in total. The molecule has 1 aliphatic heterocycles. The molecular weight excluding hydrogens is 234 g/mol. The van der Waals surface area contributed by atoms with Crippen LogP contribution in [-0.2, 0) is 0 Å². The Bertz CT molecular complexity index is 614. The molecule has 0 atom stereocenters. The highest BCUT2D eigenvalue weighted by Crippen LogP contribution is 2.47. The van der Waals surface area contributed by atoms with Crippen LogP contribution in [0.1, 0.15) is 37.2 Å². The summed E-state index contributed by atoms with van der Waals surface area (Å²) in [6.45, 7) is 0. The van der Waals surface area contributed by atoms with Crippen molar-refractivity contribution in [3.63, 3.8) is 0 Å². The Morgan fingerprint density at radius 1 is 0.895 bits per heavy atom. The number of para-hydroxylation sites is 3. The van der Waals surface area contributed by atoms with E-state index in [9.17, 15) is 0 Å². The first kappa shape index (κ1) is 10.9. The molecule has 2 nitrogen and oxygen atoms in total. The summed E-state index contributed by atoms with van der Waals surface area (Å²) in [5.74, 6) is 2.43. The van der Waals surface area contributed by atoms with Crippen LogP contribution in [0.15, 0.2) is 42.5 Å². The quantitative estimate of drug-likeness (QED) is 0.595. The van der Waals surface area contributed by atoms with Crippen molar-refractivity contribution in [2.75, 3.05) is 0 Å². The largest absolute Gasteiger partial charge is 0.453 e. The van der Waals surface area contributed by atoms with Crippen LogP contribution >= 0.6 is 0 Å². The first-order valence-electron chi connectivity index (χ1n) is 7.03. The van der Waals surface area contributed by atoms with Crippen LogP contribution in [-0.4, -0.2) is 0 Å². The summed E-state index contributed by atoms with van der Waals surface area (Å²) in [6.07, 6.45) is 5.25. The molecular formula is C17H16NO. The van der Waals surface area contributed by atoms with Gasteiger partial charge in [0.15, 0.2) is 11.5 Å². The van der Waals surface area contributed by atoms with Gasteiger partial charge in [0.05, 0.1) is 0 Å². The fourth-order valence-electron chi connectivity index (χ4n) is 3.18. The fourth-order valence-corrected chi connectivity index (χ4v) is 3.18. The van der Waals surface area contributed by atoms with Gasteiger partial charge in [-0.15, -0.1) is 0 Å². The molecule has 2 aromatic carbocycles. The second-order valence-corrected chi connectivity index (χ2v) is 5.36. The second kappa shape index (κ2) is 4.30. The molecule has 1 fully saturated rings. The smallest absolute Gasteiger partial charge is 0.153 e. The Kier molecular flexibility index (Phi) is 2.47. The molecule has 95 valence electrons. The molecule has 0 saturated heterocycles. The molecule has 0 bridgehead atoms. The van der Waals surface area contributed by atoms with E-state index in [1.807, 2.05) is 30.3 Å². The molecule has 2 aliphatic rings. The summed E-state index contributed by atoms with van der Waals surface area (Å²) in [4.78, 5) is 0. The van der Waals surface area contributed by atoms with Gasteiger partial charge < -0.3 is 4.74 Å². The predicted molar refractivity (Wildman–Crippen MR) is 75.6 cm³/mol. The highest BCUT2D eigenvalue weighted by molar-refractivity contribution is 5.70. The van der Waals surface area contributed by atoms with Gasteiger partial charge in [-0.05, 0) is 42.5 Å². The van der Waals surface area contributed by atoms with Crippen molar-refractivity contribution in [2.45, 2.75) is 31.6 Å². The molecule has 19 heavy (non-hydrogen) atoms. The van der Waals surface area contributed by atoms with E-state index in [1.165, 1.54) is 31.2 Å². The van der Waals surface area contributed by atoms with Crippen LogP contribution in [0.3, 0.4) is 0 Å². The maximum absolute atomic E-state index is 5.98. The van der Waals surface area contributed by atoms with E-state index in [0.717, 1.165) is 22.9 Å². The fraction of sp³-hybridized carbons (Fsp3) is 0.294. The zero-order chi connectivity index (χ0) is 12.7. The van der Waals surface area contributed by atoms with Gasteiger partial charge >= 0.3 is 0 Å². The van der Waals surface area contributed by atoms with Crippen molar-refractivity contribution >= 4 is 11.4 Å². The van der Waals surface area contributed by atoms with Gasteiger partial charge in [-0.1, -0.05) is 37.1 Å². The molecule has 1 heterocycles. The molecule has 2 aromatic rings. The Hall–Kier alpha value is -1.96. The first-order valence-corrected chi connectivity index (χ1v) is 7.03. The lowest BCUT2D eigenvalue weighted by Gasteiger charge is -2.23. The number of hydrogen-bond donors (Lipinski definition) is 0. The van der Waals surface area contributed by atoms with Gasteiger partial charge in [-0.2, -0.15) is 0 Å². The van der Waals surface area contributed by atoms with Crippen molar-refractivity contribution in [1.29, 1.82) is 0 Å². The van der Waals surface area contributed by atoms with E-state index in [0.29, 0.717) is 5.92 Å². The average molecular weight is 250 g/mol. The third-order valence-corrected chi connectivity index (χ3v) is 4.14. The zero-order valence-corrected chi connectivity index (χ0v) is 10.8. The first-order chi connectivity index (χ1) is 9.42. The standard InChI is InChI=1S/C17H16NO/c1-2-7-12(6-1)13-8-5-11-16-17(13)18-14-9-3-4-10-15(14)19-16/h3-5,8-12H,1-2,6-7H2. The van der Waals surface area contributed by atoms with Crippen molar-refractivity contribution < 1.29 is 4.74 Å². The minimum absolute atomic E-state index is 0.660. The Labute approximate surface area is 113 Å². The second-order valence-electron chi connectivity index (χ2n) is 5.36. The maximum atomic E-state index is 5.98. The minimum atomic E-state index is 0.660. The maximum Gasteiger partial charge on any atom is 0.153 e. The summed E-state index contributed by atoms with van der Waals surface area (Å²) in [5, 5.41) is 4.83. The van der Waals surface area contributed by atoms with Gasteiger partial charge in [0.25, 0.3) is 0 Å². The summed E-state index contributed by atoms with van der Waals surface area (Å²) in [6, 6.07) is 14.3. The minimum Gasteiger partial charge on any atom is -0.453 e. The number of benzene rings is 2. The monoisotopic (exact) mass is 250 g/mol. The van der Waals surface area contributed by atoms with Gasteiger partial charge in [0.1, 0.15) is 11.4 Å². The average Bonchev–Trinajstić information content (AvgIpc) is 2.98. The molecule has 2 heteroatoms. The lowest BCUT2D eigenvalue weighted by molar-refractivity contribution is 0.469. The highest BCUT2D eigenvalue weighted by Gasteiger charge is 2.26. The summed E-state index contributed by atoms with van der Waals surface area (Å²) in [5.41, 5.74) is 3.36. The number of nitrogens with zero attached hydrogens (tertiary/aromatic N) is 1. The summed E-state index contributed by atoms with van der Waals surface area (Å²) < 4.78 is 5.98. The zero-order valence-electron chi connectivity index (χ0n) is 10.8. The van der Waals surface area contributed by atoms with E-state index < -0.39 is 0 Å². The van der Waals surface area contributed by atoms with Crippen LogP contribution in [0.4, 0.5) is 11.4 Å². The van der Waals surface area contributed by atoms with Crippen LogP contribution in [0.2, 0.25) is 0 Å². The summed E-state index contributed by atoms with van der Waals surface area (Å²) >= 11 is 0. The Balaban J connectivity index is 1.78. The molecule has 4 rings (SSSR count). The molecule has 0 aromatic heterocycles. The third kappa shape index (κ3) is 1.79. The molecule has 1 saturated carbocycles. The van der Waals surface area contributed by atoms with Gasteiger partial charge in [0.2, 0.25) is 0 Å². The normalized spacial score (nSPS) is 17.3. The van der Waals surface area contributed by atoms with Crippen molar-refractivity contribution in [3.8, 4) is 11.5 Å². The summed E-state index contributed by atoms with van der Waals surface area (Å²) in [7, 11) is 0. The SMILES string of the molecule is c1ccc2c(c1)[N]c1c(cccc1C1CCCC1)O2. The van der Waals surface area contributed by atoms with Crippen molar-refractivity contribution in [2.24, 2.45) is 0 Å². The van der Waals surface area contributed by atoms with Crippen molar-refractivity contribution in [3.05, 3.63) is 48.0 Å². The van der Waals surface area contributed by atoms with E-state index in [-0.39, 0.29) is 0 Å². The molecule has 1 aliphatic carbocycles. The van der Waals surface area contributed by atoms with Crippen molar-refractivity contribution in [1.82, 2.24) is 5.32 Å². The van der Waals surface area contributed by atoms with Gasteiger partial charge in [0, 0.05) is 0 Å². The third-order valence-electron chi connectivity index (χ3n) is 4.14. The van der Waals surface area contributed by atoms with Gasteiger partial charge in [-0.25, -0.2) is 5.32 Å². The van der Waals surface area contributed by atoms with E-state index >= 15 is 0 Å². The van der Waals surface area contributed by atoms with E-state index in [2.05, 4.69) is 12.1 Å². The molecule has 0 unspecified atom stereocenters.